The molecule has 3 aromatic heterocycles. The van der Waals surface area contributed by atoms with Crippen molar-refractivity contribution in [1.29, 1.82) is 0 Å². The number of aryl methyl sites for hydroxylation is 1. The van der Waals surface area contributed by atoms with Gasteiger partial charge in [-0.25, -0.2) is 10.1 Å². The van der Waals surface area contributed by atoms with Crippen molar-refractivity contribution in [2.45, 2.75) is 6.92 Å². The molecule has 0 radical (unpaired) electrons. The fraction of sp³-hybridized carbons (Fsp3) is 0.100. The van der Waals surface area contributed by atoms with Gasteiger partial charge in [0.1, 0.15) is 5.69 Å². The highest BCUT2D eigenvalue weighted by Gasteiger charge is 2.13. The van der Waals surface area contributed by atoms with Crippen LogP contribution >= 0.6 is 22.7 Å². The first-order valence-electron chi connectivity index (χ1n) is 4.65. The quantitative estimate of drug-likeness (QED) is 0.720. The predicted octanol–water partition coefficient (Wildman–Crippen LogP) is 2.42. The number of thiazole rings is 1. The molecule has 0 fully saturated rings. The summed E-state index contributed by atoms with van der Waals surface area (Å²) in [7, 11) is 0. The van der Waals surface area contributed by atoms with Gasteiger partial charge in [-0.05, 0) is 18.4 Å². The minimum atomic E-state index is -0.223. The molecule has 0 bridgehead atoms. The Labute approximate surface area is 98.6 Å². The van der Waals surface area contributed by atoms with Crippen LogP contribution in [-0.4, -0.2) is 15.2 Å². The third-order valence-corrected chi connectivity index (χ3v) is 4.04. The average molecular weight is 249 g/mol. The van der Waals surface area contributed by atoms with Gasteiger partial charge in [0.2, 0.25) is 0 Å². The lowest BCUT2D eigenvalue weighted by atomic mass is 10.3. The number of thiophene rings is 1. The van der Waals surface area contributed by atoms with Crippen molar-refractivity contribution in [1.82, 2.24) is 15.2 Å². The van der Waals surface area contributed by atoms with Crippen LogP contribution in [-0.2, 0) is 0 Å². The lowest BCUT2D eigenvalue weighted by Crippen LogP contribution is -2.08. The van der Waals surface area contributed by atoms with E-state index in [2.05, 4.69) is 15.2 Å². The van der Waals surface area contributed by atoms with Crippen molar-refractivity contribution in [2.75, 3.05) is 0 Å². The van der Waals surface area contributed by atoms with Crippen LogP contribution in [0.15, 0.2) is 22.3 Å². The Bertz CT molecular complexity index is 696. The van der Waals surface area contributed by atoms with Gasteiger partial charge in [0, 0.05) is 0 Å². The average Bonchev–Trinajstić information content (AvgIpc) is 2.87. The van der Waals surface area contributed by atoms with Crippen LogP contribution < -0.4 is 5.56 Å². The fourth-order valence-electron chi connectivity index (χ4n) is 1.53. The molecule has 0 aromatic carbocycles. The SMILES string of the molecule is Cc1nc2c(=O)[nH]nc(-c3cccs3)c2s1. The fourth-order valence-corrected chi connectivity index (χ4v) is 3.24. The van der Waals surface area contributed by atoms with Gasteiger partial charge in [-0.1, -0.05) is 6.07 Å². The van der Waals surface area contributed by atoms with Gasteiger partial charge in [-0.3, -0.25) is 4.79 Å². The number of H-pyrrole nitrogens is 1. The molecule has 3 rings (SSSR count). The van der Waals surface area contributed by atoms with Crippen LogP contribution in [0.1, 0.15) is 5.01 Å². The normalized spacial score (nSPS) is 11.1. The molecule has 80 valence electrons. The van der Waals surface area contributed by atoms with Crippen LogP contribution in [0.4, 0.5) is 0 Å². The molecule has 0 saturated carbocycles. The summed E-state index contributed by atoms with van der Waals surface area (Å²) in [5, 5.41) is 9.46. The lowest BCUT2D eigenvalue weighted by Gasteiger charge is -1.95. The Morgan fingerprint density at radius 2 is 2.31 bits per heavy atom. The summed E-state index contributed by atoms with van der Waals surface area (Å²) >= 11 is 3.10. The van der Waals surface area contributed by atoms with E-state index >= 15 is 0 Å². The molecule has 4 nitrogen and oxygen atoms in total. The molecule has 0 aliphatic heterocycles. The van der Waals surface area contributed by atoms with E-state index in [1.165, 1.54) is 11.3 Å². The van der Waals surface area contributed by atoms with Gasteiger partial charge in [-0.2, -0.15) is 5.10 Å². The standard InChI is InChI=1S/C10H7N3OS2/c1-5-11-8-9(16-5)7(12-13-10(8)14)6-3-2-4-15-6/h2-4H,1H3,(H,13,14). The zero-order valence-corrected chi connectivity index (χ0v) is 9.98. The number of hydrogen-bond donors (Lipinski definition) is 1. The van der Waals surface area contributed by atoms with Crippen molar-refractivity contribution in [3.05, 3.63) is 32.9 Å². The number of rotatable bonds is 1. The molecule has 0 aliphatic carbocycles. The van der Waals surface area contributed by atoms with E-state index in [0.717, 1.165) is 20.3 Å². The summed E-state index contributed by atoms with van der Waals surface area (Å²) < 4.78 is 0.865. The van der Waals surface area contributed by atoms with E-state index in [4.69, 9.17) is 0 Å². The van der Waals surface area contributed by atoms with E-state index in [1.54, 1.807) is 11.3 Å². The van der Waals surface area contributed by atoms with E-state index in [9.17, 15) is 4.79 Å². The smallest absolute Gasteiger partial charge is 0.265 e. The largest absolute Gasteiger partial charge is 0.291 e. The van der Waals surface area contributed by atoms with E-state index in [-0.39, 0.29) is 5.56 Å². The van der Waals surface area contributed by atoms with E-state index in [1.807, 2.05) is 24.4 Å². The van der Waals surface area contributed by atoms with Crippen molar-refractivity contribution < 1.29 is 0 Å². The maximum Gasteiger partial charge on any atom is 0.291 e. The van der Waals surface area contributed by atoms with Gasteiger partial charge < -0.3 is 0 Å². The number of nitrogens with one attached hydrogen (secondary N) is 1. The molecule has 16 heavy (non-hydrogen) atoms. The Hall–Kier alpha value is -1.53. The summed E-state index contributed by atoms with van der Waals surface area (Å²) in [6.07, 6.45) is 0. The second-order valence-electron chi connectivity index (χ2n) is 3.29. The van der Waals surface area contributed by atoms with Crippen molar-refractivity contribution in [3.8, 4) is 10.6 Å². The summed E-state index contributed by atoms with van der Waals surface area (Å²) in [6.45, 7) is 1.89. The molecule has 0 atom stereocenters. The highest BCUT2D eigenvalue weighted by molar-refractivity contribution is 7.20. The number of aromatic amines is 1. The van der Waals surface area contributed by atoms with Crippen molar-refractivity contribution in [3.63, 3.8) is 0 Å². The van der Waals surface area contributed by atoms with E-state index < -0.39 is 0 Å². The van der Waals surface area contributed by atoms with E-state index in [0.29, 0.717) is 5.52 Å². The third kappa shape index (κ3) is 1.38. The molecule has 3 heterocycles. The second-order valence-corrected chi connectivity index (χ2v) is 5.44. The van der Waals surface area contributed by atoms with Crippen LogP contribution in [0.3, 0.4) is 0 Å². The van der Waals surface area contributed by atoms with Gasteiger partial charge in [0.05, 0.1) is 14.6 Å². The maximum atomic E-state index is 11.5. The first kappa shape index (κ1) is 9.68. The number of aromatic nitrogens is 3. The van der Waals surface area contributed by atoms with Crippen LogP contribution in [0.25, 0.3) is 20.8 Å². The monoisotopic (exact) mass is 249 g/mol. The number of nitrogens with zero attached hydrogens (tertiary/aromatic N) is 2. The molecule has 0 spiro atoms. The van der Waals surface area contributed by atoms with Crippen molar-refractivity contribution in [2.24, 2.45) is 0 Å². The Balaban J connectivity index is 2.42. The second kappa shape index (κ2) is 3.50. The molecular formula is C10H7N3OS2. The maximum absolute atomic E-state index is 11.5. The minimum Gasteiger partial charge on any atom is -0.265 e. The van der Waals surface area contributed by atoms with Gasteiger partial charge in [0.25, 0.3) is 5.56 Å². The summed E-state index contributed by atoms with van der Waals surface area (Å²) in [5.74, 6) is 0. The number of hydrogen-bond acceptors (Lipinski definition) is 5. The zero-order valence-electron chi connectivity index (χ0n) is 8.35. The minimum absolute atomic E-state index is 0.223. The van der Waals surface area contributed by atoms with Crippen LogP contribution in [0, 0.1) is 6.92 Å². The first-order valence-corrected chi connectivity index (χ1v) is 6.35. The van der Waals surface area contributed by atoms with Crippen LogP contribution in [0.5, 0.6) is 0 Å². The summed E-state index contributed by atoms with van der Waals surface area (Å²) in [4.78, 5) is 16.8. The summed E-state index contributed by atoms with van der Waals surface area (Å²) in [5.41, 5.74) is 1.08. The van der Waals surface area contributed by atoms with Gasteiger partial charge in [-0.15, -0.1) is 22.7 Å². The molecule has 0 aliphatic rings. The first-order chi connectivity index (χ1) is 7.75. The lowest BCUT2D eigenvalue weighted by molar-refractivity contribution is 1.01. The molecule has 3 aromatic rings. The predicted molar refractivity (Wildman–Crippen MR) is 66.1 cm³/mol. The van der Waals surface area contributed by atoms with Crippen molar-refractivity contribution >= 4 is 32.9 Å². The molecule has 0 amide bonds. The topological polar surface area (TPSA) is 58.6 Å². The molecule has 1 N–H and O–H groups in total. The highest BCUT2D eigenvalue weighted by Crippen LogP contribution is 2.31. The Morgan fingerprint density at radius 1 is 1.44 bits per heavy atom. The molecule has 0 saturated heterocycles. The molecule has 6 heteroatoms. The summed E-state index contributed by atoms with van der Waals surface area (Å²) in [6, 6.07) is 3.95. The van der Waals surface area contributed by atoms with Gasteiger partial charge in [0.15, 0.2) is 5.52 Å². The highest BCUT2D eigenvalue weighted by atomic mass is 32.1. The Kier molecular flexibility index (Phi) is 2.12. The Morgan fingerprint density at radius 3 is 3.06 bits per heavy atom. The molecular weight excluding hydrogens is 242 g/mol. The number of fused-ring (bicyclic) bond motifs is 1. The molecule has 0 unspecified atom stereocenters. The van der Waals surface area contributed by atoms with Gasteiger partial charge >= 0.3 is 0 Å². The zero-order chi connectivity index (χ0) is 11.1. The van der Waals surface area contributed by atoms with Crippen LogP contribution in [0.2, 0.25) is 0 Å². The third-order valence-electron chi connectivity index (χ3n) is 2.19.